The molecule has 1 N–H and O–H groups in total. The van der Waals surface area contributed by atoms with E-state index in [1.807, 2.05) is 23.7 Å². The van der Waals surface area contributed by atoms with Crippen molar-refractivity contribution in [3.8, 4) is 0 Å². The number of hydrogen-bond donors (Lipinski definition) is 1. The van der Waals surface area contributed by atoms with Gasteiger partial charge in [0.05, 0.1) is 0 Å². The lowest BCUT2D eigenvalue weighted by atomic mass is 9.97. The first-order chi connectivity index (χ1) is 9.35. The van der Waals surface area contributed by atoms with Gasteiger partial charge in [-0.15, -0.1) is 11.3 Å². The van der Waals surface area contributed by atoms with Crippen molar-refractivity contribution in [3.63, 3.8) is 0 Å². The van der Waals surface area contributed by atoms with Crippen LogP contribution >= 0.6 is 11.3 Å². The third-order valence-corrected chi connectivity index (χ3v) is 4.34. The largest absolute Gasteiger partial charge is 0.310 e. The smallest absolute Gasteiger partial charge is 0.0327 e. The molecule has 102 valence electrons. The van der Waals surface area contributed by atoms with Gasteiger partial charge >= 0.3 is 0 Å². The summed E-state index contributed by atoms with van der Waals surface area (Å²) in [4.78, 5) is 5.71. The zero-order chi connectivity index (χ0) is 13.5. The fourth-order valence-electron chi connectivity index (χ4n) is 2.43. The monoisotopic (exact) mass is 274 g/mol. The standard InChI is InChI=1S/C16H22N2S/c1-3-13-12-17-10-9-15(13)16(18-4-2)8-7-14-6-5-11-19-14/h5-6,9-12,16,18H,3-4,7-8H2,1-2H3. The highest BCUT2D eigenvalue weighted by Gasteiger charge is 2.13. The number of nitrogens with zero attached hydrogens (tertiary/aromatic N) is 1. The molecule has 2 aromatic heterocycles. The number of thiophene rings is 1. The minimum absolute atomic E-state index is 0.435. The molecule has 1 unspecified atom stereocenters. The SMILES string of the molecule is CCNC(CCc1cccs1)c1ccncc1CC. The molecule has 0 aromatic carbocycles. The van der Waals surface area contributed by atoms with Crippen molar-refractivity contribution in [2.45, 2.75) is 39.2 Å². The Labute approximate surface area is 119 Å². The van der Waals surface area contributed by atoms with Crippen LogP contribution < -0.4 is 5.32 Å². The maximum atomic E-state index is 4.24. The molecule has 19 heavy (non-hydrogen) atoms. The highest BCUT2D eigenvalue weighted by atomic mass is 32.1. The highest BCUT2D eigenvalue weighted by Crippen LogP contribution is 2.23. The molecule has 3 heteroatoms. The molecule has 2 nitrogen and oxygen atoms in total. The van der Waals surface area contributed by atoms with Crippen molar-refractivity contribution in [3.05, 3.63) is 52.0 Å². The minimum atomic E-state index is 0.435. The first-order valence-corrected chi connectivity index (χ1v) is 7.91. The van der Waals surface area contributed by atoms with E-state index >= 15 is 0 Å². The van der Waals surface area contributed by atoms with Gasteiger partial charge in [-0.05, 0) is 54.4 Å². The Balaban J connectivity index is 2.10. The van der Waals surface area contributed by atoms with Crippen LogP contribution in [0.25, 0.3) is 0 Å². The summed E-state index contributed by atoms with van der Waals surface area (Å²) >= 11 is 1.85. The summed E-state index contributed by atoms with van der Waals surface area (Å²) in [6.45, 7) is 5.37. The van der Waals surface area contributed by atoms with Crippen LogP contribution in [-0.2, 0) is 12.8 Å². The Morgan fingerprint density at radius 3 is 2.89 bits per heavy atom. The summed E-state index contributed by atoms with van der Waals surface area (Å²) < 4.78 is 0. The van der Waals surface area contributed by atoms with Gasteiger partial charge in [0, 0.05) is 23.3 Å². The topological polar surface area (TPSA) is 24.9 Å². The molecule has 0 aliphatic heterocycles. The van der Waals surface area contributed by atoms with E-state index in [0.29, 0.717) is 6.04 Å². The first kappa shape index (κ1) is 14.2. The van der Waals surface area contributed by atoms with Gasteiger partial charge in [0.25, 0.3) is 0 Å². The Kier molecular flexibility index (Phi) is 5.55. The van der Waals surface area contributed by atoms with Gasteiger partial charge < -0.3 is 5.32 Å². The number of aromatic nitrogens is 1. The van der Waals surface area contributed by atoms with E-state index in [1.165, 1.54) is 16.0 Å². The normalized spacial score (nSPS) is 12.5. The van der Waals surface area contributed by atoms with Crippen LogP contribution in [-0.4, -0.2) is 11.5 Å². The molecule has 0 bridgehead atoms. The fraction of sp³-hybridized carbons (Fsp3) is 0.438. The average molecular weight is 274 g/mol. The van der Waals surface area contributed by atoms with Crippen LogP contribution in [0.4, 0.5) is 0 Å². The second-order valence-corrected chi connectivity index (χ2v) is 5.69. The molecule has 0 spiro atoms. The van der Waals surface area contributed by atoms with Crippen molar-refractivity contribution >= 4 is 11.3 Å². The van der Waals surface area contributed by atoms with Crippen molar-refractivity contribution in [1.82, 2.24) is 10.3 Å². The molecule has 2 rings (SSSR count). The lowest BCUT2D eigenvalue weighted by molar-refractivity contribution is 0.513. The van der Waals surface area contributed by atoms with Crippen LogP contribution in [0.2, 0.25) is 0 Å². The second-order valence-electron chi connectivity index (χ2n) is 4.66. The average Bonchev–Trinajstić information content (AvgIpc) is 2.96. The number of hydrogen-bond acceptors (Lipinski definition) is 3. The van der Waals surface area contributed by atoms with Gasteiger partial charge in [-0.25, -0.2) is 0 Å². The second kappa shape index (κ2) is 7.41. The molecule has 0 fully saturated rings. The zero-order valence-corrected chi connectivity index (χ0v) is 12.5. The quantitative estimate of drug-likeness (QED) is 0.826. The summed E-state index contributed by atoms with van der Waals surface area (Å²) in [6.07, 6.45) is 7.24. The summed E-state index contributed by atoms with van der Waals surface area (Å²) in [5.74, 6) is 0. The van der Waals surface area contributed by atoms with Gasteiger partial charge in [0.15, 0.2) is 0 Å². The molecular formula is C16H22N2S. The Morgan fingerprint density at radius 2 is 2.21 bits per heavy atom. The Bertz CT molecular complexity index is 479. The van der Waals surface area contributed by atoms with Gasteiger partial charge in [-0.3, -0.25) is 4.98 Å². The molecule has 0 amide bonds. The number of aryl methyl sites for hydroxylation is 2. The summed E-state index contributed by atoms with van der Waals surface area (Å²) in [5.41, 5.74) is 2.77. The zero-order valence-electron chi connectivity index (χ0n) is 11.7. The van der Waals surface area contributed by atoms with E-state index in [1.54, 1.807) is 0 Å². The van der Waals surface area contributed by atoms with Crippen LogP contribution in [0.5, 0.6) is 0 Å². The molecular weight excluding hydrogens is 252 g/mol. The van der Waals surface area contributed by atoms with Crippen molar-refractivity contribution in [2.75, 3.05) is 6.54 Å². The van der Waals surface area contributed by atoms with E-state index < -0.39 is 0 Å². The van der Waals surface area contributed by atoms with Crippen molar-refractivity contribution in [2.24, 2.45) is 0 Å². The summed E-state index contributed by atoms with van der Waals surface area (Å²) in [7, 11) is 0. The van der Waals surface area contributed by atoms with E-state index in [4.69, 9.17) is 0 Å². The van der Waals surface area contributed by atoms with Gasteiger partial charge in [-0.1, -0.05) is 19.9 Å². The van der Waals surface area contributed by atoms with Crippen LogP contribution in [0, 0.1) is 0 Å². The maximum absolute atomic E-state index is 4.24. The summed E-state index contributed by atoms with van der Waals surface area (Å²) in [5, 5.41) is 5.77. The third kappa shape index (κ3) is 3.88. The molecule has 0 aliphatic rings. The Hall–Kier alpha value is -1.19. The number of rotatable bonds is 7. The minimum Gasteiger partial charge on any atom is -0.310 e. The predicted octanol–water partition coefficient (Wildman–Crippen LogP) is 3.99. The molecule has 1 atom stereocenters. The van der Waals surface area contributed by atoms with Crippen LogP contribution in [0.1, 0.15) is 42.3 Å². The van der Waals surface area contributed by atoms with Crippen molar-refractivity contribution < 1.29 is 0 Å². The lowest BCUT2D eigenvalue weighted by Gasteiger charge is -2.20. The van der Waals surface area contributed by atoms with Gasteiger partial charge in [0.2, 0.25) is 0 Å². The van der Waals surface area contributed by atoms with Crippen molar-refractivity contribution in [1.29, 1.82) is 0 Å². The molecule has 0 saturated heterocycles. The van der Waals surface area contributed by atoms with E-state index in [2.05, 4.69) is 47.7 Å². The van der Waals surface area contributed by atoms with E-state index in [9.17, 15) is 0 Å². The van der Waals surface area contributed by atoms with Crippen LogP contribution in [0.3, 0.4) is 0 Å². The van der Waals surface area contributed by atoms with E-state index in [-0.39, 0.29) is 0 Å². The number of pyridine rings is 1. The molecule has 2 aromatic rings. The molecule has 0 aliphatic carbocycles. The number of nitrogens with one attached hydrogen (secondary N) is 1. The van der Waals surface area contributed by atoms with Gasteiger partial charge in [0.1, 0.15) is 0 Å². The first-order valence-electron chi connectivity index (χ1n) is 7.03. The van der Waals surface area contributed by atoms with Gasteiger partial charge in [-0.2, -0.15) is 0 Å². The lowest BCUT2D eigenvalue weighted by Crippen LogP contribution is -2.22. The fourth-order valence-corrected chi connectivity index (χ4v) is 3.15. The molecule has 0 saturated carbocycles. The van der Waals surface area contributed by atoms with E-state index in [0.717, 1.165) is 25.8 Å². The highest BCUT2D eigenvalue weighted by molar-refractivity contribution is 7.09. The molecule has 0 radical (unpaired) electrons. The molecule has 2 heterocycles. The summed E-state index contributed by atoms with van der Waals surface area (Å²) in [6, 6.07) is 6.96. The maximum Gasteiger partial charge on any atom is 0.0327 e. The predicted molar refractivity (Wildman–Crippen MR) is 82.7 cm³/mol. The third-order valence-electron chi connectivity index (χ3n) is 3.41. The Morgan fingerprint density at radius 1 is 1.32 bits per heavy atom. The van der Waals surface area contributed by atoms with Crippen LogP contribution in [0.15, 0.2) is 36.0 Å².